The third-order valence-corrected chi connectivity index (χ3v) is 6.46. The first-order valence-electron chi connectivity index (χ1n) is 11.7. The predicted molar refractivity (Wildman–Crippen MR) is 133 cm³/mol. The molecule has 1 fully saturated rings. The number of carbonyl (C=O) groups is 4. The van der Waals surface area contributed by atoms with Crippen molar-refractivity contribution < 1.29 is 23.9 Å². The third kappa shape index (κ3) is 4.45. The monoisotopic (exact) mass is 483 g/mol. The second-order valence-corrected chi connectivity index (χ2v) is 8.85. The Morgan fingerprint density at radius 1 is 0.889 bits per heavy atom. The van der Waals surface area contributed by atoms with Crippen LogP contribution in [0.1, 0.15) is 55.0 Å². The van der Waals surface area contributed by atoms with Crippen LogP contribution in [0.3, 0.4) is 0 Å². The molecule has 1 saturated heterocycles. The number of benzene rings is 3. The Morgan fingerprint density at radius 3 is 2.28 bits per heavy atom. The van der Waals surface area contributed by atoms with Gasteiger partial charge in [0.15, 0.2) is 0 Å². The highest BCUT2D eigenvalue weighted by molar-refractivity contribution is 6.21. The van der Waals surface area contributed by atoms with E-state index in [-0.39, 0.29) is 35.7 Å². The minimum absolute atomic E-state index is 0.0377. The molecule has 0 radical (unpaired) electrons. The van der Waals surface area contributed by atoms with Crippen molar-refractivity contribution in [3.05, 3.63) is 94.5 Å². The number of anilines is 1. The highest BCUT2D eigenvalue weighted by atomic mass is 16.5. The molecule has 8 heteroatoms. The Bertz CT molecular complexity index is 1350. The van der Waals surface area contributed by atoms with Gasteiger partial charge in [0.1, 0.15) is 5.75 Å². The molecule has 2 heterocycles. The van der Waals surface area contributed by atoms with Crippen LogP contribution in [0.2, 0.25) is 0 Å². The lowest BCUT2D eigenvalue weighted by atomic mass is 10.1. The molecule has 182 valence electrons. The normalized spacial score (nSPS) is 14.9. The van der Waals surface area contributed by atoms with Gasteiger partial charge in [-0.15, -0.1) is 0 Å². The van der Waals surface area contributed by atoms with Crippen molar-refractivity contribution in [1.82, 2.24) is 9.80 Å². The summed E-state index contributed by atoms with van der Waals surface area (Å²) in [5, 5.41) is 2.89. The fourth-order valence-electron chi connectivity index (χ4n) is 4.63. The van der Waals surface area contributed by atoms with E-state index in [1.807, 2.05) is 23.1 Å². The van der Waals surface area contributed by atoms with Crippen LogP contribution in [-0.4, -0.2) is 47.1 Å². The van der Waals surface area contributed by atoms with Crippen LogP contribution >= 0.6 is 0 Å². The lowest BCUT2D eigenvalue weighted by Gasteiger charge is -2.17. The van der Waals surface area contributed by atoms with Gasteiger partial charge in [-0.2, -0.15) is 0 Å². The number of hydrogen-bond acceptors (Lipinski definition) is 5. The maximum atomic E-state index is 13.2. The van der Waals surface area contributed by atoms with Gasteiger partial charge in [0.2, 0.25) is 5.91 Å². The molecule has 3 aromatic carbocycles. The molecule has 0 bridgehead atoms. The molecule has 8 nitrogen and oxygen atoms in total. The summed E-state index contributed by atoms with van der Waals surface area (Å²) in [4.78, 5) is 53.6. The Balaban J connectivity index is 1.33. The number of nitrogens with one attached hydrogen (secondary N) is 1. The molecule has 1 N–H and O–H groups in total. The number of hydrogen-bond donors (Lipinski definition) is 1. The molecule has 0 aromatic heterocycles. The fourth-order valence-corrected chi connectivity index (χ4v) is 4.63. The highest BCUT2D eigenvalue weighted by Crippen LogP contribution is 2.27. The van der Waals surface area contributed by atoms with Gasteiger partial charge in [-0.1, -0.05) is 30.3 Å². The average Bonchev–Trinajstić information content (AvgIpc) is 3.40. The maximum absolute atomic E-state index is 13.2. The van der Waals surface area contributed by atoms with Crippen LogP contribution in [0.5, 0.6) is 5.75 Å². The van der Waals surface area contributed by atoms with E-state index in [1.165, 1.54) is 12.0 Å². The quantitative estimate of drug-likeness (QED) is 0.515. The largest absolute Gasteiger partial charge is 0.496 e. The number of ether oxygens (including phenoxy) is 1. The molecule has 0 atom stereocenters. The zero-order valence-electron chi connectivity index (χ0n) is 19.8. The number of likely N-dealkylation sites (tertiary alicyclic amines) is 1. The molecular formula is C28H25N3O5. The summed E-state index contributed by atoms with van der Waals surface area (Å²) in [7, 11) is 1.48. The molecule has 5 rings (SSSR count). The summed E-state index contributed by atoms with van der Waals surface area (Å²) in [5.74, 6) is -0.580. The van der Waals surface area contributed by atoms with Crippen molar-refractivity contribution in [3.63, 3.8) is 0 Å². The summed E-state index contributed by atoms with van der Waals surface area (Å²) in [6, 6.07) is 19.1. The zero-order valence-corrected chi connectivity index (χ0v) is 19.8. The molecule has 3 aromatic rings. The summed E-state index contributed by atoms with van der Waals surface area (Å²) in [6.45, 7) is 1.28. The number of imide groups is 1. The summed E-state index contributed by atoms with van der Waals surface area (Å²) in [6.07, 6.45) is 1.44. The number of methoxy groups -OCH3 is 1. The first-order chi connectivity index (χ1) is 17.4. The average molecular weight is 484 g/mol. The van der Waals surface area contributed by atoms with E-state index in [9.17, 15) is 19.2 Å². The van der Waals surface area contributed by atoms with Crippen molar-refractivity contribution in [2.24, 2.45) is 0 Å². The highest BCUT2D eigenvalue weighted by Gasteiger charge is 2.35. The molecular weight excluding hydrogens is 458 g/mol. The van der Waals surface area contributed by atoms with Gasteiger partial charge in [-0.25, -0.2) is 0 Å². The van der Waals surface area contributed by atoms with E-state index in [0.717, 1.165) is 18.5 Å². The van der Waals surface area contributed by atoms with E-state index in [1.54, 1.807) is 48.5 Å². The second kappa shape index (κ2) is 9.65. The predicted octanol–water partition coefficient (Wildman–Crippen LogP) is 3.87. The standard InChI is InChI=1S/C28H25N3O5/c1-36-24-12-11-19(17-31-27(34)21-8-2-3-9-22(21)28(31)35)15-23(24)26(33)29-20-7-4-6-18(14-20)16-30-13-5-10-25(30)32/h2-4,6-9,11-12,14-15H,5,10,13,16-17H2,1H3,(H,29,33). The number of carbonyl (C=O) groups excluding carboxylic acids is 4. The van der Waals surface area contributed by atoms with Crippen LogP contribution < -0.4 is 10.1 Å². The van der Waals surface area contributed by atoms with Gasteiger partial charge in [0.25, 0.3) is 17.7 Å². The maximum Gasteiger partial charge on any atom is 0.261 e. The van der Waals surface area contributed by atoms with Crippen molar-refractivity contribution in [2.45, 2.75) is 25.9 Å². The minimum atomic E-state index is -0.384. The smallest absolute Gasteiger partial charge is 0.261 e. The minimum Gasteiger partial charge on any atom is -0.496 e. The molecule has 2 aliphatic rings. The van der Waals surface area contributed by atoms with Crippen LogP contribution in [0.15, 0.2) is 66.7 Å². The first-order valence-corrected chi connectivity index (χ1v) is 11.7. The number of amides is 4. The van der Waals surface area contributed by atoms with E-state index in [2.05, 4.69) is 5.32 Å². The van der Waals surface area contributed by atoms with Gasteiger partial charge in [-0.05, 0) is 53.9 Å². The Morgan fingerprint density at radius 2 is 1.61 bits per heavy atom. The summed E-state index contributed by atoms with van der Waals surface area (Å²) < 4.78 is 5.39. The first kappa shape index (κ1) is 23.3. The van der Waals surface area contributed by atoms with Gasteiger partial charge in [0.05, 0.1) is 30.3 Å². The van der Waals surface area contributed by atoms with E-state index in [0.29, 0.717) is 41.1 Å². The SMILES string of the molecule is COc1ccc(CN2C(=O)c3ccccc3C2=O)cc1C(=O)Nc1cccc(CN2CCCC2=O)c1. The van der Waals surface area contributed by atoms with Gasteiger partial charge in [-0.3, -0.25) is 24.1 Å². The molecule has 36 heavy (non-hydrogen) atoms. The molecule has 4 amide bonds. The van der Waals surface area contributed by atoms with Crippen LogP contribution in [0.4, 0.5) is 5.69 Å². The lowest BCUT2D eigenvalue weighted by Crippen LogP contribution is -2.29. The Labute approximate surface area is 208 Å². The van der Waals surface area contributed by atoms with Crippen LogP contribution in [0.25, 0.3) is 0 Å². The van der Waals surface area contributed by atoms with Crippen molar-refractivity contribution in [1.29, 1.82) is 0 Å². The Kier molecular flexibility index (Phi) is 6.25. The fraction of sp³-hybridized carbons (Fsp3) is 0.214. The topological polar surface area (TPSA) is 96.0 Å². The van der Waals surface area contributed by atoms with Gasteiger partial charge in [0, 0.05) is 25.2 Å². The summed E-state index contributed by atoms with van der Waals surface area (Å²) in [5.41, 5.74) is 3.18. The van der Waals surface area contributed by atoms with Crippen molar-refractivity contribution in [3.8, 4) is 5.75 Å². The Hall–Kier alpha value is -4.46. The summed E-state index contributed by atoms with van der Waals surface area (Å²) >= 11 is 0. The third-order valence-electron chi connectivity index (χ3n) is 6.46. The number of rotatable bonds is 7. The number of fused-ring (bicyclic) bond motifs is 1. The molecule has 2 aliphatic heterocycles. The molecule has 0 unspecified atom stereocenters. The van der Waals surface area contributed by atoms with Crippen LogP contribution in [-0.2, 0) is 17.9 Å². The van der Waals surface area contributed by atoms with Crippen molar-refractivity contribution in [2.75, 3.05) is 19.0 Å². The van der Waals surface area contributed by atoms with Gasteiger partial charge < -0.3 is 15.0 Å². The number of nitrogens with zero attached hydrogens (tertiary/aromatic N) is 2. The van der Waals surface area contributed by atoms with E-state index >= 15 is 0 Å². The lowest BCUT2D eigenvalue weighted by molar-refractivity contribution is -0.128. The second-order valence-electron chi connectivity index (χ2n) is 8.85. The van der Waals surface area contributed by atoms with Crippen molar-refractivity contribution >= 4 is 29.3 Å². The molecule has 0 spiro atoms. The molecule has 0 aliphatic carbocycles. The van der Waals surface area contributed by atoms with Crippen LogP contribution in [0, 0.1) is 0 Å². The zero-order chi connectivity index (χ0) is 25.2. The van der Waals surface area contributed by atoms with Gasteiger partial charge >= 0.3 is 0 Å². The van der Waals surface area contributed by atoms with E-state index < -0.39 is 0 Å². The van der Waals surface area contributed by atoms with E-state index in [4.69, 9.17) is 4.74 Å². The molecule has 0 saturated carbocycles.